The van der Waals surface area contributed by atoms with E-state index < -0.39 is 0 Å². The van der Waals surface area contributed by atoms with Crippen LogP contribution in [0.15, 0.2) is 0 Å². The standard InChI is InChI=1S/C19H38N2/c1-5-9-16-10-11-17(20-8-4)18(14-16)21-13-12-19(6-2,7-3)15-21/h16-18,20H,5-15H2,1-4H3. The van der Waals surface area contributed by atoms with Crippen LogP contribution >= 0.6 is 0 Å². The molecule has 0 amide bonds. The molecular formula is C19H38N2. The smallest absolute Gasteiger partial charge is 0.0252 e. The van der Waals surface area contributed by atoms with E-state index >= 15 is 0 Å². The van der Waals surface area contributed by atoms with Gasteiger partial charge in [0.25, 0.3) is 0 Å². The quantitative estimate of drug-likeness (QED) is 0.746. The first-order valence-electron chi connectivity index (χ1n) is 9.65. The molecule has 0 bridgehead atoms. The molecule has 0 aromatic heterocycles. The van der Waals surface area contributed by atoms with Gasteiger partial charge in [0.15, 0.2) is 0 Å². The molecule has 2 fully saturated rings. The first-order chi connectivity index (χ1) is 10.2. The summed E-state index contributed by atoms with van der Waals surface area (Å²) in [4.78, 5) is 2.86. The lowest BCUT2D eigenvalue weighted by Gasteiger charge is -2.42. The predicted molar refractivity (Wildman–Crippen MR) is 92.7 cm³/mol. The minimum atomic E-state index is 0.620. The fourth-order valence-electron chi connectivity index (χ4n) is 4.89. The summed E-state index contributed by atoms with van der Waals surface area (Å²) in [6.07, 6.45) is 11.2. The Labute approximate surface area is 133 Å². The molecule has 21 heavy (non-hydrogen) atoms. The number of hydrogen-bond acceptors (Lipinski definition) is 2. The van der Waals surface area contributed by atoms with Gasteiger partial charge in [-0.1, -0.05) is 40.5 Å². The highest BCUT2D eigenvalue weighted by molar-refractivity contribution is 4.97. The second-order valence-corrected chi connectivity index (χ2v) is 7.63. The Morgan fingerprint density at radius 2 is 1.86 bits per heavy atom. The van der Waals surface area contributed by atoms with E-state index in [1.54, 1.807) is 0 Å². The normalized spacial score (nSPS) is 33.4. The van der Waals surface area contributed by atoms with Crippen LogP contribution in [0, 0.1) is 11.3 Å². The third-order valence-corrected chi connectivity index (χ3v) is 6.53. The van der Waals surface area contributed by atoms with Gasteiger partial charge in [-0.25, -0.2) is 0 Å². The number of likely N-dealkylation sites (N-methyl/N-ethyl adjacent to an activating group) is 1. The van der Waals surface area contributed by atoms with Crippen LogP contribution in [0.5, 0.6) is 0 Å². The zero-order valence-corrected chi connectivity index (χ0v) is 15.0. The molecule has 2 rings (SSSR count). The molecule has 2 heteroatoms. The molecule has 1 aliphatic heterocycles. The molecule has 0 aromatic carbocycles. The third-order valence-electron chi connectivity index (χ3n) is 6.53. The van der Waals surface area contributed by atoms with Gasteiger partial charge in [0.05, 0.1) is 0 Å². The van der Waals surface area contributed by atoms with Crippen molar-refractivity contribution in [1.29, 1.82) is 0 Å². The zero-order valence-electron chi connectivity index (χ0n) is 15.0. The summed E-state index contributed by atoms with van der Waals surface area (Å²) in [6.45, 7) is 13.2. The van der Waals surface area contributed by atoms with Gasteiger partial charge in [0.2, 0.25) is 0 Å². The summed E-state index contributed by atoms with van der Waals surface area (Å²) in [7, 11) is 0. The summed E-state index contributed by atoms with van der Waals surface area (Å²) < 4.78 is 0. The zero-order chi connectivity index (χ0) is 15.3. The Morgan fingerprint density at radius 3 is 2.43 bits per heavy atom. The summed E-state index contributed by atoms with van der Waals surface area (Å²) in [5.41, 5.74) is 0.620. The average Bonchev–Trinajstić information content (AvgIpc) is 2.94. The Bertz CT molecular complexity index is 298. The molecule has 1 N–H and O–H groups in total. The van der Waals surface area contributed by atoms with E-state index in [0.29, 0.717) is 5.41 Å². The van der Waals surface area contributed by atoms with Crippen LogP contribution in [0.25, 0.3) is 0 Å². The van der Waals surface area contributed by atoms with Gasteiger partial charge in [-0.05, 0) is 62.9 Å². The monoisotopic (exact) mass is 294 g/mol. The van der Waals surface area contributed by atoms with Crippen molar-refractivity contribution in [3.8, 4) is 0 Å². The van der Waals surface area contributed by atoms with Crippen molar-refractivity contribution in [3.63, 3.8) is 0 Å². The number of likely N-dealkylation sites (tertiary alicyclic amines) is 1. The minimum absolute atomic E-state index is 0.620. The summed E-state index contributed by atoms with van der Waals surface area (Å²) in [5, 5.41) is 3.80. The van der Waals surface area contributed by atoms with Crippen molar-refractivity contribution >= 4 is 0 Å². The summed E-state index contributed by atoms with van der Waals surface area (Å²) in [6, 6.07) is 1.54. The highest BCUT2D eigenvalue weighted by Gasteiger charge is 2.41. The first kappa shape index (κ1) is 17.3. The number of rotatable bonds is 7. The third kappa shape index (κ3) is 4.01. The summed E-state index contributed by atoms with van der Waals surface area (Å²) in [5.74, 6) is 0.980. The molecule has 2 nitrogen and oxygen atoms in total. The largest absolute Gasteiger partial charge is 0.313 e. The number of nitrogens with zero attached hydrogens (tertiary/aromatic N) is 1. The van der Waals surface area contributed by atoms with Crippen LogP contribution in [0.4, 0.5) is 0 Å². The van der Waals surface area contributed by atoms with Gasteiger partial charge in [0.1, 0.15) is 0 Å². The molecule has 3 unspecified atom stereocenters. The van der Waals surface area contributed by atoms with Gasteiger partial charge < -0.3 is 5.32 Å². The van der Waals surface area contributed by atoms with Crippen molar-refractivity contribution in [2.75, 3.05) is 19.6 Å². The van der Waals surface area contributed by atoms with Crippen LogP contribution in [0.3, 0.4) is 0 Å². The van der Waals surface area contributed by atoms with E-state index in [-0.39, 0.29) is 0 Å². The van der Waals surface area contributed by atoms with Crippen LogP contribution in [-0.2, 0) is 0 Å². The first-order valence-corrected chi connectivity index (χ1v) is 9.65. The molecule has 1 saturated carbocycles. The number of nitrogens with one attached hydrogen (secondary N) is 1. The second-order valence-electron chi connectivity index (χ2n) is 7.63. The van der Waals surface area contributed by atoms with E-state index in [4.69, 9.17) is 0 Å². The maximum atomic E-state index is 3.80. The highest BCUT2D eigenvalue weighted by atomic mass is 15.2. The van der Waals surface area contributed by atoms with Crippen molar-refractivity contribution < 1.29 is 0 Å². The lowest BCUT2D eigenvalue weighted by molar-refractivity contribution is 0.101. The van der Waals surface area contributed by atoms with Crippen molar-refractivity contribution in [3.05, 3.63) is 0 Å². The Morgan fingerprint density at radius 1 is 1.10 bits per heavy atom. The van der Waals surface area contributed by atoms with Crippen molar-refractivity contribution in [1.82, 2.24) is 10.2 Å². The molecule has 1 heterocycles. The maximum Gasteiger partial charge on any atom is 0.0252 e. The lowest BCUT2D eigenvalue weighted by Crippen LogP contribution is -2.53. The lowest BCUT2D eigenvalue weighted by atomic mass is 9.79. The van der Waals surface area contributed by atoms with Gasteiger partial charge in [-0.3, -0.25) is 4.90 Å². The molecule has 2 aliphatic rings. The highest BCUT2D eigenvalue weighted by Crippen LogP contribution is 2.41. The van der Waals surface area contributed by atoms with Crippen LogP contribution in [0.1, 0.15) is 79.1 Å². The molecule has 0 spiro atoms. The van der Waals surface area contributed by atoms with Gasteiger partial charge >= 0.3 is 0 Å². The second kappa shape index (κ2) is 7.97. The van der Waals surface area contributed by atoms with Crippen LogP contribution in [-0.4, -0.2) is 36.6 Å². The molecule has 124 valence electrons. The maximum absolute atomic E-state index is 3.80. The minimum Gasteiger partial charge on any atom is -0.313 e. The van der Waals surface area contributed by atoms with Gasteiger partial charge in [-0.15, -0.1) is 0 Å². The van der Waals surface area contributed by atoms with E-state index in [1.165, 1.54) is 64.5 Å². The molecule has 1 saturated heterocycles. The fraction of sp³-hybridized carbons (Fsp3) is 1.00. The Balaban J connectivity index is 2.02. The topological polar surface area (TPSA) is 15.3 Å². The molecule has 0 aromatic rings. The van der Waals surface area contributed by atoms with Crippen molar-refractivity contribution in [2.24, 2.45) is 11.3 Å². The Hall–Kier alpha value is -0.0800. The van der Waals surface area contributed by atoms with E-state index in [9.17, 15) is 0 Å². The summed E-state index contributed by atoms with van der Waals surface area (Å²) >= 11 is 0. The molecular weight excluding hydrogens is 256 g/mol. The molecule has 1 aliphatic carbocycles. The van der Waals surface area contributed by atoms with E-state index in [0.717, 1.165) is 24.5 Å². The molecule has 0 radical (unpaired) electrons. The van der Waals surface area contributed by atoms with E-state index in [1.807, 2.05) is 0 Å². The number of hydrogen-bond donors (Lipinski definition) is 1. The van der Waals surface area contributed by atoms with Gasteiger partial charge in [-0.2, -0.15) is 0 Å². The molecule has 3 atom stereocenters. The van der Waals surface area contributed by atoms with Gasteiger partial charge in [0, 0.05) is 18.6 Å². The van der Waals surface area contributed by atoms with Crippen LogP contribution in [0.2, 0.25) is 0 Å². The Kier molecular flexibility index (Phi) is 6.55. The van der Waals surface area contributed by atoms with E-state index in [2.05, 4.69) is 37.9 Å². The van der Waals surface area contributed by atoms with Crippen LogP contribution < -0.4 is 5.32 Å². The average molecular weight is 295 g/mol. The van der Waals surface area contributed by atoms with Crippen molar-refractivity contribution in [2.45, 2.75) is 91.1 Å². The SMILES string of the molecule is CCCC1CCC(NCC)C(N2CCC(CC)(CC)C2)C1. The predicted octanol–water partition coefficient (Wildman–Crippen LogP) is 4.45. The fourth-order valence-corrected chi connectivity index (χ4v) is 4.89.